The van der Waals surface area contributed by atoms with Crippen LogP contribution in [-0.2, 0) is 13.2 Å². The predicted molar refractivity (Wildman–Crippen MR) is 111 cm³/mol. The van der Waals surface area contributed by atoms with Gasteiger partial charge < -0.3 is 19.7 Å². The van der Waals surface area contributed by atoms with Gasteiger partial charge in [-0.05, 0) is 36.5 Å². The number of para-hydroxylation sites is 2. The van der Waals surface area contributed by atoms with Crippen LogP contribution in [0.2, 0.25) is 0 Å². The largest absolute Gasteiger partial charge is 0.493 e. The van der Waals surface area contributed by atoms with Crippen molar-refractivity contribution in [2.24, 2.45) is 0 Å². The normalized spacial score (nSPS) is 11.9. The van der Waals surface area contributed by atoms with E-state index in [-0.39, 0.29) is 5.82 Å². The van der Waals surface area contributed by atoms with Gasteiger partial charge in [-0.1, -0.05) is 29.5 Å². The van der Waals surface area contributed by atoms with Crippen LogP contribution in [0.25, 0.3) is 0 Å². The summed E-state index contributed by atoms with van der Waals surface area (Å²) in [6.45, 7) is 1.27. The van der Waals surface area contributed by atoms with E-state index in [0.29, 0.717) is 33.7 Å². The minimum atomic E-state index is -0.331. The van der Waals surface area contributed by atoms with Crippen molar-refractivity contribution >= 4 is 34.4 Å². The zero-order chi connectivity index (χ0) is 20.1. The number of halogens is 1. The van der Waals surface area contributed by atoms with Gasteiger partial charge in [0.2, 0.25) is 5.13 Å². The summed E-state index contributed by atoms with van der Waals surface area (Å²) < 4.78 is 27.0. The van der Waals surface area contributed by atoms with Crippen molar-refractivity contribution in [3.8, 4) is 11.5 Å². The molecule has 9 heteroatoms. The summed E-state index contributed by atoms with van der Waals surface area (Å²) in [6.07, 6.45) is 0. The SMILES string of the molecule is COc1cccc(C[NH+](C)Cn2nc(Nc3ccccc3F)sc2=S)c1OC. The number of nitrogens with one attached hydrogen (secondary N) is 2. The van der Waals surface area contributed by atoms with Gasteiger partial charge in [0, 0.05) is 0 Å². The number of methoxy groups -OCH3 is 2. The Bertz CT molecular complexity index is 1010. The summed E-state index contributed by atoms with van der Waals surface area (Å²) in [7, 11) is 5.30. The molecule has 3 rings (SSSR count). The van der Waals surface area contributed by atoms with Gasteiger partial charge in [-0.15, -0.1) is 5.10 Å². The molecule has 1 atom stereocenters. The Morgan fingerprint density at radius 2 is 1.96 bits per heavy atom. The zero-order valence-corrected chi connectivity index (χ0v) is 17.5. The van der Waals surface area contributed by atoms with Crippen LogP contribution in [0.5, 0.6) is 11.5 Å². The van der Waals surface area contributed by atoms with Gasteiger partial charge >= 0.3 is 0 Å². The number of hydrogen-bond donors (Lipinski definition) is 2. The minimum absolute atomic E-state index is 0.331. The Labute approximate surface area is 172 Å². The maximum atomic E-state index is 13.8. The van der Waals surface area contributed by atoms with E-state index in [2.05, 4.69) is 10.4 Å². The summed E-state index contributed by atoms with van der Waals surface area (Å²) in [5.74, 6) is 1.10. The Morgan fingerprint density at radius 3 is 2.68 bits per heavy atom. The van der Waals surface area contributed by atoms with Gasteiger partial charge in [-0.25, -0.2) is 4.39 Å². The lowest BCUT2D eigenvalue weighted by Crippen LogP contribution is -3.07. The van der Waals surface area contributed by atoms with Crippen LogP contribution < -0.4 is 19.7 Å². The van der Waals surface area contributed by atoms with Crippen LogP contribution in [-0.4, -0.2) is 31.0 Å². The molecule has 1 unspecified atom stereocenters. The van der Waals surface area contributed by atoms with E-state index in [9.17, 15) is 4.39 Å². The molecule has 0 radical (unpaired) electrons. The molecule has 0 fully saturated rings. The molecule has 0 aliphatic carbocycles. The van der Waals surface area contributed by atoms with Crippen LogP contribution in [0.4, 0.5) is 15.2 Å². The van der Waals surface area contributed by atoms with Gasteiger partial charge in [0.1, 0.15) is 12.4 Å². The second-order valence-electron chi connectivity index (χ2n) is 6.22. The van der Waals surface area contributed by atoms with Crippen molar-refractivity contribution in [1.29, 1.82) is 0 Å². The molecule has 0 aliphatic rings. The summed E-state index contributed by atoms with van der Waals surface area (Å²) >= 11 is 6.73. The Morgan fingerprint density at radius 1 is 1.18 bits per heavy atom. The van der Waals surface area contributed by atoms with Crippen molar-refractivity contribution in [2.75, 3.05) is 26.6 Å². The van der Waals surface area contributed by atoms with Crippen LogP contribution in [0.3, 0.4) is 0 Å². The van der Waals surface area contributed by atoms with E-state index in [4.69, 9.17) is 21.7 Å². The van der Waals surface area contributed by atoms with Crippen molar-refractivity contribution in [3.05, 3.63) is 57.8 Å². The highest BCUT2D eigenvalue weighted by atomic mass is 32.1. The van der Waals surface area contributed by atoms with E-state index >= 15 is 0 Å². The molecule has 0 saturated carbocycles. The monoisotopic (exact) mass is 421 g/mol. The molecule has 1 aromatic heterocycles. The average Bonchev–Trinajstić information content (AvgIpc) is 3.02. The first-order chi connectivity index (χ1) is 13.5. The number of ether oxygens (including phenoxy) is 2. The Kier molecular flexibility index (Phi) is 6.61. The molecule has 0 amide bonds. The van der Waals surface area contributed by atoms with Gasteiger partial charge in [-0.3, -0.25) is 0 Å². The highest BCUT2D eigenvalue weighted by molar-refractivity contribution is 7.73. The first-order valence-corrected chi connectivity index (χ1v) is 9.85. The third kappa shape index (κ3) is 4.67. The minimum Gasteiger partial charge on any atom is -0.493 e. The summed E-state index contributed by atoms with van der Waals surface area (Å²) in [4.78, 5) is 1.16. The molecule has 0 aliphatic heterocycles. The fourth-order valence-corrected chi connectivity index (χ4v) is 3.88. The highest BCUT2D eigenvalue weighted by Gasteiger charge is 2.15. The fourth-order valence-electron chi connectivity index (χ4n) is 2.86. The number of hydrogen-bond acceptors (Lipinski definition) is 6. The zero-order valence-electron chi connectivity index (χ0n) is 15.9. The highest BCUT2D eigenvalue weighted by Crippen LogP contribution is 2.30. The quantitative estimate of drug-likeness (QED) is 0.547. The van der Waals surface area contributed by atoms with Crippen LogP contribution in [0, 0.1) is 9.77 Å². The lowest BCUT2D eigenvalue weighted by molar-refractivity contribution is -0.917. The smallest absolute Gasteiger partial charge is 0.209 e. The molecular formula is C19H22FN4O2S2+. The van der Waals surface area contributed by atoms with E-state index in [1.807, 2.05) is 25.2 Å². The molecule has 2 N–H and O–H groups in total. The van der Waals surface area contributed by atoms with Crippen LogP contribution in [0.15, 0.2) is 42.5 Å². The number of nitrogens with zero attached hydrogens (tertiary/aromatic N) is 2. The summed E-state index contributed by atoms with van der Waals surface area (Å²) in [5, 5.41) is 8.03. The van der Waals surface area contributed by atoms with Gasteiger partial charge in [0.05, 0.1) is 32.5 Å². The van der Waals surface area contributed by atoms with Crippen molar-refractivity contribution in [1.82, 2.24) is 9.78 Å². The molecule has 2 aromatic carbocycles. The number of benzene rings is 2. The first-order valence-electron chi connectivity index (χ1n) is 8.62. The van der Waals surface area contributed by atoms with E-state index in [1.165, 1.54) is 17.4 Å². The van der Waals surface area contributed by atoms with Crippen molar-refractivity contribution < 1.29 is 18.8 Å². The fraction of sp³-hybridized carbons (Fsp3) is 0.263. The molecular weight excluding hydrogens is 399 g/mol. The Hall–Kier alpha value is -2.49. The van der Waals surface area contributed by atoms with Crippen molar-refractivity contribution in [2.45, 2.75) is 13.2 Å². The maximum absolute atomic E-state index is 13.8. The number of aromatic nitrogens is 2. The molecule has 0 spiro atoms. The van der Waals surface area contributed by atoms with Gasteiger partial charge in [0.25, 0.3) is 0 Å². The third-order valence-corrected chi connectivity index (χ3v) is 5.34. The second kappa shape index (κ2) is 9.13. The maximum Gasteiger partial charge on any atom is 0.209 e. The number of quaternary nitrogens is 1. The summed E-state index contributed by atoms with van der Waals surface area (Å²) in [6, 6.07) is 12.3. The molecule has 28 heavy (non-hydrogen) atoms. The molecule has 6 nitrogen and oxygen atoms in total. The van der Waals surface area contributed by atoms with Crippen LogP contribution in [0.1, 0.15) is 5.56 Å². The molecule has 0 saturated heterocycles. The second-order valence-corrected chi connectivity index (χ2v) is 7.84. The molecule has 148 valence electrons. The lowest BCUT2D eigenvalue weighted by atomic mass is 10.2. The molecule has 0 bridgehead atoms. The van der Waals surface area contributed by atoms with E-state index in [1.54, 1.807) is 37.1 Å². The molecule has 3 aromatic rings. The summed E-state index contributed by atoms with van der Waals surface area (Å²) in [5.41, 5.74) is 1.41. The lowest BCUT2D eigenvalue weighted by Gasteiger charge is -2.17. The molecule has 1 heterocycles. The van der Waals surface area contributed by atoms with E-state index < -0.39 is 0 Å². The Balaban J connectivity index is 1.72. The van der Waals surface area contributed by atoms with Crippen molar-refractivity contribution in [3.63, 3.8) is 0 Å². The third-order valence-electron chi connectivity index (χ3n) is 4.12. The number of rotatable bonds is 8. The number of anilines is 2. The van der Waals surface area contributed by atoms with Crippen LogP contribution >= 0.6 is 23.6 Å². The standard InChI is InChI=1S/C19H21FN4O2S2/c1-23(11-13-7-6-10-16(25-2)17(13)26-3)12-24-19(27)28-18(22-24)21-15-9-5-4-8-14(15)20/h4-10H,11-12H2,1-3H3,(H,21,22)/p+1. The first kappa shape index (κ1) is 20.2. The average molecular weight is 422 g/mol. The topological polar surface area (TPSA) is 52.8 Å². The van der Waals surface area contributed by atoms with Gasteiger partial charge in [-0.2, -0.15) is 4.68 Å². The van der Waals surface area contributed by atoms with E-state index in [0.717, 1.165) is 16.2 Å². The van der Waals surface area contributed by atoms with Gasteiger partial charge in [0.15, 0.2) is 22.1 Å². The predicted octanol–water partition coefficient (Wildman–Crippen LogP) is 3.25.